The van der Waals surface area contributed by atoms with Gasteiger partial charge in [0, 0.05) is 30.7 Å². The molecule has 2 aliphatic rings. The van der Waals surface area contributed by atoms with Crippen LogP contribution in [0.2, 0.25) is 0 Å². The van der Waals surface area contributed by atoms with Crippen molar-refractivity contribution in [2.75, 3.05) is 20.3 Å². The second kappa shape index (κ2) is 7.00. The number of ether oxygens (including phenoxy) is 3. The molecule has 1 saturated carbocycles. The van der Waals surface area contributed by atoms with Crippen LogP contribution in [0.4, 0.5) is 0 Å². The molecule has 0 amide bonds. The third-order valence-corrected chi connectivity index (χ3v) is 4.96. The van der Waals surface area contributed by atoms with Crippen LogP contribution in [-0.2, 0) is 16.0 Å². The summed E-state index contributed by atoms with van der Waals surface area (Å²) < 4.78 is 18.2. The summed E-state index contributed by atoms with van der Waals surface area (Å²) >= 11 is 0. The summed E-state index contributed by atoms with van der Waals surface area (Å²) in [6, 6.07) is 1.77. The molecule has 1 aliphatic carbocycles. The molecule has 0 spiro atoms. The lowest BCUT2D eigenvalue weighted by Crippen LogP contribution is -2.15. The van der Waals surface area contributed by atoms with Crippen LogP contribution in [0, 0.1) is 5.92 Å². The Hall–Kier alpha value is -2.15. The van der Waals surface area contributed by atoms with E-state index < -0.39 is 5.97 Å². The van der Waals surface area contributed by atoms with Crippen molar-refractivity contribution in [3.63, 3.8) is 0 Å². The first-order valence-electron chi connectivity index (χ1n) is 8.94. The maximum Gasteiger partial charge on any atom is 0.343 e. The molecule has 1 aliphatic heterocycles. The topological polar surface area (TPSA) is 75.5 Å². The number of hydrogen-bond acceptors (Lipinski definition) is 6. The van der Waals surface area contributed by atoms with Gasteiger partial charge in [-0.05, 0) is 38.2 Å². The van der Waals surface area contributed by atoms with Crippen LogP contribution >= 0.6 is 0 Å². The van der Waals surface area contributed by atoms with Crippen molar-refractivity contribution in [2.45, 2.75) is 44.8 Å². The van der Waals surface area contributed by atoms with E-state index in [1.54, 1.807) is 6.07 Å². The molecule has 0 aromatic carbocycles. The zero-order valence-electron chi connectivity index (χ0n) is 14.4. The maximum absolute atomic E-state index is 12.2. The van der Waals surface area contributed by atoms with Crippen molar-refractivity contribution < 1.29 is 19.0 Å². The largest absolute Gasteiger partial charge is 0.474 e. The minimum absolute atomic E-state index is 0.117. The van der Waals surface area contributed by atoms with E-state index in [1.165, 1.54) is 7.11 Å². The molecule has 7 heteroatoms. The van der Waals surface area contributed by atoms with E-state index >= 15 is 0 Å². The highest BCUT2D eigenvalue weighted by atomic mass is 16.5. The number of carbonyl (C=O) groups excluding carboxylic acids is 1. The van der Waals surface area contributed by atoms with Gasteiger partial charge in [-0.3, -0.25) is 4.68 Å². The van der Waals surface area contributed by atoms with E-state index in [1.807, 2.05) is 10.9 Å². The molecule has 0 N–H and O–H groups in total. The highest BCUT2D eigenvalue weighted by Gasteiger charge is 2.24. The van der Waals surface area contributed by atoms with Gasteiger partial charge in [-0.1, -0.05) is 0 Å². The summed E-state index contributed by atoms with van der Waals surface area (Å²) in [6.45, 7) is 2.38. The van der Waals surface area contributed by atoms with Gasteiger partial charge in [-0.15, -0.1) is 0 Å². The summed E-state index contributed by atoms with van der Waals surface area (Å²) in [5, 5.41) is 5.37. The SMILES string of the molecule is COC(=O)c1cc2cn(CC3CCOC3)nc2nc1OC1CCCC1. The monoisotopic (exact) mass is 345 g/mol. The molecule has 1 atom stereocenters. The first-order chi connectivity index (χ1) is 12.2. The quantitative estimate of drug-likeness (QED) is 0.775. The molecule has 7 nitrogen and oxygen atoms in total. The molecule has 2 aromatic heterocycles. The minimum atomic E-state index is -0.431. The van der Waals surface area contributed by atoms with Crippen molar-refractivity contribution in [1.29, 1.82) is 0 Å². The zero-order chi connectivity index (χ0) is 17.2. The Kier molecular flexibility index (Phi) is 4.57. The Labute approximate surface area is 146 Å². The van der Waals surface area contributed by atoms with Gasteiger partial charge in [0.2, 0.25) is 5.88 Å². The van der Waals surface area contributed by atoms with Gasteiger partial charge in [0.25, 0.3) is 0 Å². The molecule has 0 radical (unpaired) electrons. The third kappa shape index (κ3) is 3.46. The molecule has 2 aromatic rings. The summed E-state index contributed by atoms with van der Waals surface area (Å²) in [4.78, 5) is 16.7. The number of rotatable bonds is 5. The molecule has 2 fully saturated rings. The number of fused-ring (bicyclic) bond motifs is 1. The fourth-order valence-electron chi connectivity index (χ4n) is 3.58. The zero-order valence-corrected chi connectivity index (χ0v) is 14.4. The van der Waals surface area contributed by atoms with Crippen LogP contribution < -0.4 is 4.74 Å². The van der Waals surface area contributed by atoms with Crippen molar-refractivity contribution >= 4 is 17.0 Å². The van der Waals surface area contributed by atoms with E-state index in [2.05, 4.69) is 10.1 Å². The van der Waals surface area contributed by atoms with Gasteiger partial charge in [-0.25, -0.2) is 4.79 Å². The van der Waals surface area contributed by atoms with Crippen LogP contribution in [0.5, 0.6) is 5.88 Å². The van der Waals surface area contributed by atoms with E-state index in [9.17, 15) is 4.79 Å². The van der Waals surface area contributed by atoms with Gasteiger partial charge in [0.15, 0.2) is 5.65 Å². The number of nitrogens with zero attached hydrogens (tertiary/aromatic N) is 3. The number of methoxy groups -OCH3 is 1. The van der Waals surface area contributed by atoms with Crippen molar-refractivity contribution in [3.05, 3.63) is 17.8 Å². The molecular formula is C18H23N3O4. The summed E-state index contributed by atoms with van der Waals surface area (Å²) in [7, 11) is 1.37. The second-order valence-corrected chi connectivity index (χ2v) is 6.85. The van der Waals surface area contributed by atoms with Gasteiger partial charge in [0.05, 0.1) is 13.7 Å². The molecule has 25 heavy (non-hydrogen) atoms. The van der Waals surface area contributed by atoms with Gasteiger partial charge in [0.1, 0.15) is 11.7 Å². The average molecular weight is 345 g/mol. The standard InChI is InChI=1S/C18H23N3O4/c1-23-18(22)15-8-13-10-21(9-12-6-7-24-11-12)20-16(13)19-17(15)25-14-4-2-3-5-14/h8,10,12,14H,2-7,9,11H2,1H3. The van der Waals surface area contributed by atoms with E-state index in [-0.39, 0.29) is 6.10 Å². The lowest BCUT2D eigenvalue weighted by atomic mass is 10.1. The van der Waals surface area contributed by atoms with Crippen LogP contribution in [0.15, 0.2) is 12.3 Å². The van der Waals surface area contributed by atoms with E-state index in [0.717, 1.165) is 57.2 Å². The molecule has 134 valence electrons. The second-order valence-electron chi connectivity index (χ2n) is 6.85. The number of pyridine rings is 1. The van der Waals surface area contributed by atoms with Gasteiger partial charge in [-0.2, -0.15) is 10.1 Å². The lowest BCUT2D eigenvalue weighted by molar-refractivity contribution is 0.0592. The maximum atomic E-state index is 12.2. The minimum Gasteiger partial charge on any atom is -0.474 e. The normalized spacial score (nSPS) is 21.1. The molecule has 3 heterocycles. The molecule has 1 unspecified atom stereocenters. The number of hydrogen-bond donors (Lipinski definition) is 0. The number of aromatic nitrogens is 3. The van der Waals surface area contributed by atoms with Crippen LogP contribution in [0.3, 0.4) is 0 Å². The molecule has 0 bridgehead atoms. The predicted octanol–water partition coefficient (Wildman–Crippen LogP) is 2.58. The molecule has 1 saturated heterocycles. The predicted molar refractivity (Wildman–Crippen MR) is 90.7 cm³/mol. The Balaban J connectivity index is 1.64. The smallest absolute Gasteiger partial charge is 0.343 e. The van der Waals surface area contributed by atoms with E-state index in [4.69, 9.17) is 14.2 Å². The Morgan fingerprint density at radius 1 is 1.36 bits per heavy atom. The Bertz CT molecular complexity index is 761. The fourth-order valence-corrected chi connectivity index (χ4v) is 3.58. The lowest BCUT2D eigenvalue weighted by Gasteiger charge is -2.14. The molecular weight excluding hydrogens is 322 g/mol. The van der Waals surface area contributed by atoms with Crippen LogP contribution in [0.1, 0.15) is 42.5 Å². The van der Waals surface area contributed by atoms with Gasteiger partial charge >= 0.3 is 5.97 Å². The summed E-state index contributed by atoms with van der Waals surface area (Å²) in [5.74, 6) is 0.378. The Morgan fingerprint density at radius 2 is 2.20 bits per heavy atom. The summed E-state index contributed by atoms with van der Waals surface area (Å²) in [6.07, 6.45) is 7.38. The Morgan fingerprint density at radius 3 is 2.92 bits per heavy atom. The van der Waals surface area contributed by atoms with Crippen molar-refractivity contribution in [1.82, 2.24) is 14.8 Å². The molecule has 4 rings (SSSR count). The third-order valence-electron chi connectivity index (χ3n) is 4.96. The van der Waals surface area contributed by atoms with Crippen molar-refractivity contribution in [3.8, 4) is 5.88 Å². The summed E-state index contributed by atoms with van der Waals surface area (Å²) in [5.41, 5.74) is 0.963. The first kappa shape index (κ1) is 16.3. The number of carbonyl (C=O) groups is 1. The van der Waals surface area contributed by atoms with Gasteiger partial charge < -0.3 is 14.2 Å². The first-order valence-corrected chi connectivity index (χ1v) is 8.94. The van der Waals surface area contributed by atoms with Crippen LogP contribution in [-0.4, -0.2) is 47.2 Å². The highest BCUT2D eigenvalue weighted by Crippen LogP contribution is 2.28. The highest BCUT2D eigenvalue weighted by molar-refractivity contribution is 5.95. The number of esters is 1. The van der Waals surface area contributed by atoms with Crippen LogP contribution in [0.25, 0.3) is 11.0 Å². The average Bonchev–Trinajstić information content (AvgIpc) is 3.35. The van der Waals surface area contributed by atoms with Crippen molar-refractivity contribution in [2.24, 2.45) is 5.92 Å². The fraction of sp³-hybridized carbons (Fsp3) is 0.611. The van der Waals surface area contributed by atoms with E-state index in [0.29, 0.717) is 23.0 Å².